The van der Waals surface area contributed by atoms with E-state index in [4.69, 9.17) is 20.7 Å². The van der Waals surface area contributed by atoms with E-state index in [1.807, 2.05) is 0 Å². The van der Waals surface area contributed by atoms with Crippen LogP contribution in [0, 0.1) is 20.7 Å². The molecule has 0 rings (SSSR count). The Morgan fingerprint density at radius 3 is 1.83 bits per heavy atom. The van der Waals surface area contributed by atoms with Crippen molar-refractivity contribution in [1.82, 2.24) is 0 Å². The topological polar surface area (TPSA) is 105 Å². The number of nitrogens with one attached hydrogen (secondary N) is 1. The molecule has 0 heterocycles. The van der Waals surface area contributed by atoms with Crippen LogP contribution in [0.5, 0.6) is 0 Å². The molecule has 0 amide bonds. The third-order valence-electron chi connectivity index (χ3n) is 0. The van der Waals surface area contributed by atoms with Gasteiger partial charge < -0.3 is 5.21 Å². The van der Waals surface area contributed by atoms with Gasteiger partial charge in [-0.25, -0.2) is 0 Å². The van der Waals surface area contributed by atoms with Gasteiger partial charge in [-0.15, -0.1) is 0 Å². The molecule has 0 radical (unpaired) electrons. The van der Waals surface area contributed by atoms with Crippen molar-refractivity contribution in [2.75, 3.05) is 0 Å². The Morgan fingerprint density at radius 1 is 1.83 bits per heavy atom. The van der Waals surface area contributed by atoms with Crippen LogP contribution in [0.4, 0.5) is 0 Å². The summed E-state index contributed by atoms with van der Waals surface area (Å²) in [5.41, 5.74) is 0. The van der Waals surface area contributed by atoms with Gasteiger partial charge in [0.05, 0.1) is 0 Å². The fourth-order valence-corrected chi connectivity index (χ4v) is 0. The highest BCUT2D eigenvalue weighted by molar-refractivity contribution is 4.43. The van der Waals surface area contributed by atoms with Crippen LogP contribution in [-0.4, -0.2) is 0 Å². The molecule has 0 aromatic heterocycles. The van der Waals surface area contributed by atoms with Crippen molar-refractivity contribution >= 4 is 0 Å². The Balaban J connectivity index is 0. The molecule has 0 saturated heterocycles. The lowest BCUT2D eigenvalue weighted by atomic mass is 13.2. The number of rotatable bonds is 0. The zero-order valence-corrected chi connectivity index (χ0v) is 2.62. The van der Waals surface area contributed by atoms with E-state index in [2.05, 4.69) is 0 Å². The third-order valence-corrected chi connectivity index (χ3v) is 0. The monoisotopic (exact) mass is 91.0 g/mol. The van der Waals surface area contributed by atoms with Crippen molar-refractivity contribution in [2.24, 2.45) is 0 Å². The zero-order chi connectivity index (χ0) is 5.41. The van der Waals surface area contributed by atoms with E-state index in [0.717, 1.165) is 0 Å². The molecular formula is HN3O3. The van der Waals surface area contributed by atoms with Crippen LogP contribution >= 0.6 is 0 Å². The second-order valence-electron chi connectivity index (χ2n) is 0.165. The minimum Gasteiger partial charge on any atom is -0.463 e. The van der Waals surface area contributed by atoms with Gasteiger partial charge in [0.1, 0.15) is 0 Å². The minimum atomic E-state index is 0.250. The lowest BCUT2D eigenvalue weighted by Crippen LogP contribution is -2.53. The molecule has 0 saturated carbocycles. The molecule has 1 N–H and O–H groups in total. The summed E-state index contributed by atoms with van der Waals surface area (Å²) < 4.78 is 0. The quantitative estimate of drug-likeness (QED) is 0.226. The zero-order valence-electron chi connectivity index (χ0n) is 2.62. The van der Waals surface area contributed by atoms with Crippen LogP contribution < -0.4 is 5.34 Å². The Hall–Kier alpha value is -1.38. The fourth-order valence-electron chi connectivity index (χ4n) is 0. The van der Waals surface area contributed by atoms with Crippen LogP contribution in [-0.2, 0) is 0 Å². The second kappa shape index (κ2) is 64.6. The molecule has 0 aliphatic carbocycles. The Kier molecular flexibility index (Phi) is 95.0. The van der Waals surface area contributed by atoms with Crippen LogP contribution in [0.25, 0.3) is 5.14 Å². The summed E-state index contributed by atoms with van der Waals surface area (Å²) in [4.78, 5) is 8.12. The predicted octanol–water partition coefficient (Wildman–Crippen LogP) is -1.33. The molecule has 0 fully saturated rings. The predicted molar refractivity (Wildman–Crippen MR) is 16.1 cm³/mol. The van der Waals surface area contributed by atoms with E-state index in [0.29, 0.717) is 0 Å². The van der Waals surface area contributed by atoms with Crippen LogP contribution in [0.1, 0.15) is 0 Å². The summed E-state index contributed by atoms with van der Waals surface area (Å²) in [7, 11) is 0. The Bertz CT molecular complexity index is 51.5. The standard InChI is InChI=1S/N2O.HNO2/c1-2-3;2-1-3/h;1H. The van der Waals surface area contributed by atoms with Crippen LogP contribution in [0.15, 0.2) is 0 Å². The summed E-state index contributed by atoms with van der Waals surface area (Å²) in [6.45, 7) is 0. The van der Waals surface area contributed by atoms with Gasteiger partial charge in [0.15, 0.2) is 0 Å². The van der Waals surface area contributed by atoms with Crippen molar-refractivity contribution in [2.45, 2.75) is 0 Å². The summed E-state index contributed by atoms with van der Waals surface area (Å²) in [6.07, 6.45) is 0. The maximum absolute atomic E-state index is 8.12. The van der Waals surface area contributed by atoms with Crippen LogP contribution in [0.2, 0.25) is 0 Å². The Labute approximate surface area is 32.5 Å². The average molecular weight is 91.0 g/mol. The molecule has 0 aromatic rings. The molecule has 6 nitrogen and oxygen atoms in total. The molecule has 0 aliphatic rings. The highest BCUT2D eigenvalue weighted by Gasteiger charge is 1.19. The van der Waals surface area contributed by atoms with Crippen molar-refractivity contribution in [1.29, 1.82) is 5.39 Å². The summed E-state index contributed by atoms with van der Waals surface area (Å²) >= 11 is 0. The van der Waals surface area contributed by atoms with Gasteiger partial charge in [-0.2, -0.15) is 0 Å². The normalized spacial score (nSPS) is 3.17. The summed E-state index contributed by atoms with van der Waals surface area (Å²) in [5, 5.41) is 24.4. The largest absolute Gasteiger partial charge is 0.463 e. The van der Waals surface area contributed by atoms with E-state index in [1.54, 1.807) is 0 Å². The Morgan fingerprint density at radius 2 is 1.83 bits per heavy atom. The summed E-state index contributed by atoms with van der Waals surface area (Å²) in [5.74, 6) is 0. The van der Waals surface area contributed by atoms with E-state index in [1.165, 1.54) is 5.14 Å². The number of nitrogens with zero attached hydrogens (tertiary/aromatic N) is 2. The maximum Gasteiger partial charge on any atom is 0.237 e. The fraction of sp³-hybridized carbons (Fsp3) is 0. The first-order valence-electron chi connectivity index (χ1n) is 0.791. The molecule has 6 heavy (non-hydrogen) atoms. The number of hydrogen-bond donors (Lipinski definition) is 1. The van der Waals surface area contributed by atoms with Gasteiger partial charge in [0.25, 0.3) is 0 Å². The SMILES string of the molecule is N#[N+][O-].O=[NH+][O-]. The molecular weight excluding hydrogens is 90.0 g/mol. The van der Waals surface area contributed by atoms with Crippen molar-refractivity contribution in [3.05, 3.63) is 20.5 Å². The average Bonchev–Trinajstić information content (AvgIpc) is 1.39. The lowest BCUT2D eigenvalue weighted by Gasteiger charge is -1.36. The van der Waals surface area contributed by atoms with E-state index in [-0.39, 0.29) is 5.34 Å². The molecule has 0 atom stereocenters. The van der Waals surface area contributed by atoms with Gasteiger partial charge in [0.2, 0.25) is 10.5 Å². The molecule has 0 bridgehead atoms. The smallest absolute Gasteiger partial charge is 0.237 e. The van der Waals surface area contributed by atoms with E-state index >= 15 is 0 Å². The van der Waals surface area contributed by atoms with Crippen LogP contribution in [0.3, 0.4) is 0 Å². The molecule has 0 aliphatic heterocycles. The van der Waals surface area contributed by atoms with Gasteiger partial charge in [0, 0.05) is 5.34 Å². The van der Waals surface area contributed by atoms with Gasteiger partial charge in [-0.05, 0) is 0 Å². The van der Waals surface area contributed by atoms with Gasteiger partial charge in [-0.1, -0.05) is 0 Å². The number of diazo groups is 1. The maximum atomic E-state index is 8.12. The summed E-state index contributed by atoms with van der Waals surface area (Å²) in [6, 6.07) is 0. The minimum absolute atomic E-state index is 0.250. The van der Waals surface area contributed by atoms with Crippen molar-refractivity contribution in [3.63, 3.8) is 0 Å². The lowest BCUT2D eigenvalue weighted by molar-refractivity contribution is -0.398. The van der Waals surface area contributed by atoms with E-state index in [9.17, 15) is 0 Å². The molecule has 0 spiro atoms. The first-order valence-corrected chi connectivity index (χ1v) is 0.791. The first-order chi connectivity index (χ1) is 2.83. The first kappa shape index (κ1) is 8.82. The van der Waals surface area contributed by atoms with Crippen molar-refractivity contribution in [3.8, 4) is 0 Å². The molecule has 0 aromatic carbocycles. The molecule has 6 heteroatoms. The third kappa shape index (κ3) is 3.61. The molecule has 34 valence electrons. The van der Waals surface area contributed by atoms with Gasteiger partial charge in [-0.3, -0.25) is 10.1 Å². The number of hydrogen-bond acceptors (Lipinski definition) is 4. The molecule has 0 unspecified atom stereocenters. The van der Waals surface area contributed by atoms with Crippen molar-refractivity contribution < 1.29 is 5.34 Å². The van der Waals surface area contributed by atoms with Gasteiger partial charge >= 0.3 is 0 Å². The van der Waals surface area contributed by atoms with E-state index < -0.39 is 0 Å². The highest BCUT2D eigenvalue weighted by atomic mass is 16.6. The highest BCUT2D eigenvalue weighted by Crippen LogP contribution is 1.32. The second-order valence-corrected chi connectivity index (χ2v) is 0.165.